The van der Waals surface area contributed by atoms with Crippen LogP contribution in [0.4, 0.5) is 5.69 Å². The maximum Gasteiger partial charge on any atom is 0.243 e. The number of aromatic amines is 1. The molecule has 2 amide bonds. The van der Waals surface area contributed by atoms with Gasteiger partial charge < -0.3 is 21.4 Å². The van der Waals surface area contributed by atoms with Gasteiger partial charge >= 0.3 is 0 Å². The molecule has 1 aromatic carbocycles. The lowest BCUT2D eigenvalue weighted by atomic mass is 9.85. The Morgan fingerprint density at radius 1 is 1.32 bits per heavy atom. The number of nitrogens with two attached hydrogens (primary N) is 1. The first-order valence-electron chi connectivity index (χ1n) is 7.42. The largest absolute Gasteiger partial charge is 0.346 e. The fourth-order valence-electron chi connectivity index (χ4n) is 2.44. The number of carbonyl (C=O) groups excluding carboxylic acids is 2. The van der Waals surface area contributed by atoms with E-state index in [4.69, 9.17) is 5.73 Å². The van der Waals surface area contributed by atoms with Crippen molar-refractivity contribution in [2.45, 2.75) is 25.2 Å². The molecule has 0 spiro atoms. The summed E-state index contributed by atoms with van der Waals surface area (Å²) in [5.41, 5.74) is 7.64. The van der Waals surface area contributed by atoms with Crippen LogP contribution in [0.1, 0.15) is 31.0 Å². The van der Waals surface area contributed by atoms with Crippen molar-refractivity contribution in [3.63, 3.8) is 0 Å². The molecule has 0 saturated heterocycles. The van der Waals surface area contributed by atoms with E-state index >= 15 is 0 Å². The molecule has 0 atom stereocenters. The van der Waals surface area contributed by atoms with Crippen LogP contribution >= 0.6 is 0 Å². The van der Waals surface area contributed by atoms with Crippen LogP contribution in [-0.4, -0.2) is 34.9 Å². The summed E-state index contributed by atoms with van der Waals surface area (Å²) in [7, 11) is 0. The summed E-state index contributed by atoms with van der Waals surface area (Å²) in [5.74, 6) is 0.918. The fourth-order valence-corrected chi connectivity index (χ4v) is 2.44. The van der Waals surface area contributed by atoms with Crippen LogP contribution in [0.25, 0.3) is 11.0 Å². The molecular formula is C15H19N5O2. The standard InChI is InChI=1S/C15H19N5O2/c16-7-13(21)17-8-14(22)18-10-4-5-11-12(6-10)20-15(19-11)9-2-1-3-9/h4-6,9H,1-3,7-8,16H2,(H,17,21)(H,18,22)(H,19,20). The van der Waals surface area contributed by atoms with Gasteiger partial charge in [-0.3, -0.25) is 9.59 Å². The Bertz CT molecular complexity index is 705. The fraction of sp³-hybridized carbons (Fsp3) is 0.400. The first-order chi connectivity index (χ1) is 10.7. The monoisotopic (exact) mass is 301 g/mol. The van der Waals surface area contributed by atoms with E-state index in [-0.39, 0.29) is 24.9 Å². The predicted octanol–water partition coefficient (Wildman–Crippen LogP) is 0.844. The molecule has 1 heterocycles. The Labute approximate surface area is 127 Å². The predicted molar refractivity (Wildman–Crippen MR) is 83.4 cm³/mol. The molecule has 22 heavy (non-hydrogen) atoms. The Hall–Kier alpha value is -2.41. The SMILES string of the molecule is NCC(=O)NCC(=O)Nc1ccc2nc(C3CCC3)[nH]c2c1. The highest BCUT2D eigenvalue weighted by molar-refractivity contribution is 5.96. The number of hydrogen-bond donors (Lipinski definition) is 4. The minimum absolute atomic E-state index is 0.0929. The molecule has 0 aliphatic heterocycles. The molecule has 0 unspecified atom stereocenters. The maximum absolute atomic E-state index is 11.7. The molecule has 0 bridgehead atoms. The van der Waals surface area contributed by atoms with Gasteiger partial charge in [0.05, 0.1) is 24.1 Å². The molecule has 1 saturated carbocycles. The summed E-state index contributed by atoms with van der Waals surface area (Å²) in [6.07, 6.45) is 3.63. The number of carbonyl (C=O) groups is 2. The van der Waals surface area contributed by atoms with E-state index in [1.807, 2.05) is 12.1 Å². The van der Waals surface area contributed by atoms with Gasteiger partial charge in [-0.15, -0.1) is 0 Å². The number of amides is 2. The van der Waals surface area contributed by atoms with E-state index in [0.29, 0.717) is 11.6 Å². The number of rotatable bonds is 5. The quantitative estimate of drug-likeness (QED) is 0.655. The summed E-state index contributed by atoms with van der Waals surface area (Å²) in [6, 6.07) is 5.53. The molecule has 1 fully saturated rings. The van der Waals surface area contributed by atoms with E-state index in [1.165, 1.54) is 19.3 Å². The highest BCUT2D eigenvalue weighted by Gasteiger charge is 2.22. The van der Waals surface area contributed by atoms with Crippen molar-refractivity contribution in [3.8, 4) is 0 Å². The average molecular weight is 301 g/mol. The lowest BCUT2D eigenvalue weighted by Crippen LogP contribution is -2.36. The van der Waals surface area contributed by atoms with Gasteiger partial charge in [0, 0.05) is 11.6 Å². The van der Waals surface area contributed by atoms with E-state index in [9.17, 15) is 9.59 Å². The molecule has 1 aliphatic carbocycles. The van der Waals surface area contributed by atoms with Crippen LogP contribution < -0.4 is 16.4 Å². The first kappa shape index (κ1) is 14.5. The molecule has 2 aromatic rings. The van der Waals surface area contributed by atoms with Gasteiger partial charge in [0.25, 0.3) is 0 Å². The van der Waals surface area contributed by atoms with Gasteiger partial charge in [-0.1, -0.05) is 6.42 Å². The van der Waals surface area contributed by atoms with Crippen molar-refractivity contribution in [2.75, 3.05) is 18.4 Å². The Kier molecular flexibility index (Phi) is 4.06. The molecule has 1 aromatic heterocycles. The third-order valence-corrected chi connectivity index (χ3v) is 3.91. The van der Waals surface area contributed by atoms with Crippen molar-refractivity contribution in [2.24, 2.45) is 5.73 Å². The molecule has 7 nitrogen and oxygen atoms in total. The molecule has 1 aliphatic rings. The van der Waals surface area contributed by atoms with E-state index < -0.39 is 0 Å². The van der Waals surface area contributed by atoms with Gasteiger partial charge in [0.2, 0.25) is 11.8 Å². The van der Waals surface area contributed by atoms with Gasteiger partial charge in [-0.2, -0.15) is 0 Å². The molecule has 116 valence electrons. The number of nitrogens with one attached hydrogen (secondary N) is 3. The second kappa shape index (κ2) is 6.15. The van der Waals surface area contributed by atoms with Crippen molar-refractivity contribution in [1.82, 2.24) is 15.3 Å². The molecule has 0 radical (unpaired) electrons. The number of imidazole rings is 1. The van der Waals surface area contributed by atoms with Crippen LogP contribution in [-0.2, 0) is 9.59 Å². The zero-order valence-electron chi connectivity index (χ0n) is 12.2. The molecule has 5 N–H and O–H groups in total. The van der Waals surface area contributed by atoms with E-state index in [1.54, 1.807) is 6.07 Å². The zero-order chi connectivity index (χ0) is 15.5. The molecular weight excluding hydrogens is 282 g/mol. The topological polar surface area (TPSA) is 113 Å². The Morgan fingerprint density at radius 3 is 2.82 bits per heavy atom. The van der Waals surface area contributed by atoms with E-state index in [2.05, 4.69) is 20.6 Å². The Balaban J connectivity index is 1.66. The normalized spacial score (nSPS) is 14.6. The second-order valence-electron chi connectivity index (χ2n) is 5.51. The summed E-state index contributed by atoms with van der Waals surface area (Å²) < 4.78 is 0. The van der Waals surface area contributed by atoms with Crippen molar-refractivity contribution >= 4 is 28.5 Å². The second-order valence-corrected chi connectivity index (χ2v) is 5.51. The Morgan fingerprint density at radius 2 is 2.14 bits per heavy atom. The first-order valence-corrected chi connectivity index (χ1v) is 7.42. The van der Waals surface area contributed by atoms with Crippen molar-refractivity contribution < 1.29 is 9.59 Å². The van der Waals surface area contributed by atoms with Crippen LogP contribution in [0.15, 0.2) is 18.2 Å². The number of benzene rings is 1. The van der Waals surface area contributed by atoms with Crippen molar-refractivity contribution in [3.05, 3.63) is 24.0 Å². The van der Waals surface area contributed by atoms with Gasteiger partial charge in [-0.05, 0) is 31.0 Å². The average Bonchev–Trinajstić information content (AvgIpc) is 2.85. The number of aromatic nitrogens is 2. The zero-order valence-corrected chi connectivity index (χ0v) is 12.2. The van der Waals surface area contributed by atoms with Gasteiger partial charge in [-0.25, -0.2) is 4.98 Å². The van der Waals surface area contributed by atoms with Crippen LogP contribution in [0, 0.1) is 0 Å². The number of H-pyrrole nitrogens is 1. The molecule has 7 heteroatoms. The number of fused-ring (bicyclic) bond motifs is 1. The summed E-state index contributed by atoms with van der Waals surface area (Å²) in [5, 5.41) is 5.17. The van der Waals surface area contributed by atoms with Crippen LogP contribution in [0.3, 0.4) is 0 Å². The number of hydrogen-bond acceptors (Lipinski definition) is 4. The minimum Gasteiger partial charge on any atom is -0.346 e. The number of nitrogens with zero attached hydrogens (tertiary/aromatic N) is 1. The van der Waals surface area contributed by atoms with Gasteiger partial charge in [0.1, 0.15) is 5.82 Å². The lowest BCUT2D eigenvalue weighted by molar-refractivity contribution is -0.123. The van der Waals surface area contributed by atoms with Crippen LogP contribution in [0.2, 0.25) is 0 Å². The summed E-state index contributed by atoms with van der Waals surface area (Å²) >= 11 is 0. The summed E-state index contributed by atoms with van der Waals surface area (Å²) in [6.45, 7) is -0.221. The minimum atomic E-state index is -0.357. The van der Waals surface area contributed by atoms with E-state index in [0.717, 1.165) is 16.9 Å². The maximum atomic E-state index is 11.7. The van der Waals surface area contributed by atoms with Gasteiger partial charge in [0.15, 0.2) is 0 Å². The van der Waals surface area contributed by atoms with Crippen LogP contribution in [0.5, 0.6) is 0 Å². The lowest BCUT2D eigenvalue weighted by Gasteiger charge is -2.22. The third kappa shape index (κ3) is 3.09. The molecule has 3 rings (SSSR count). The highest BCUT2D eigenvalue weighted by Crippen LogP contribution is 2.35. The van der Waals surface area contributed by atoms with Crippen molar-refractivity contribution in [1.29, 1.82) is 0 Å². The third-order valence-electron chi connectivity index (χ3n) is 3.91. The highest BCUT2D eigenvalue weighted by atomic mass is 16.2. The summed E-state index contributed by atoms with van der Waals surface area (Å²) in [4.78, 5) is 30.7. The smallest absolute Gasteiger partial charge is 0.243 e. The number of anilines is 1.